The Kier molecular flexibility index (Phi) is 5.05. The molecule has 6 nitrogen and oxygen atoms in total. The molecule has 0 saturated heterocycles. The number of aryl methyl sites for hydroxylation is 2. The van der Waals surface area contributed by atoms with Crippen LogP contribution in [0.3, 0.4) is 0 Å². The standard InChI is InChI=1S/C23H21FN2O4S/c1-14-8-9-18(11-21(14)24)26-15(2)10-20(16(26)3)22(27)12-25-23(28)19-7-5-4-6-17(19)13-31(25,29)30/h4-11H,12-13H2,1-3H3. The molecule has 0 radical (unpaired) electrons. The van der Waals surface area contributed by atoms with Crippen molar-refractivity contribution in [2.24, 2.45) is 0 Å². The number of aromatic nitrogens is 1. The lowest BCUT2D eigenvalue weighted by Gasteiger charge is -2.27. The molecule has 0 atom stereocenters. The van der Waals surface area contributed by atoms with Crippen molar-refractivity contribution < 1.29 is 22.4 Å². The summed E-state index contributed by atoms with van der Waals surface area (Å²) in [6, 6.07) is 12.9. The van der Waals surface area contributed by atoms with E-state index in [4.69, 9.17) is 0 Å². The van der Waals surface area contributed by atoms with Gasteiger partial charge in [-0.3, -0.25) is 9.59 Å². The monoisotopic (exact) mass is 440 g/mol. The lowest BCUT2D eigenvalue weighted by molar-refractivity contribution is 0.0806. The van der Waals surface area contributed by atoms with E-state index in [1.54, 1.807) is 67.8 Å². The van der Waals surface area contributed by atoms with Crippen LogP contribution in [0.25, 0.3) is 5.69 Å². The second-order valence-corrected chi connectivity index (χ2v) is 9.60. The largest absolute Gasteiger partial charge is 0.318 e. The molecular weight excluding hydrogens is 419 g/mol. The van der Waals surface area contributed by atoms with E-state index in [9.17, 15) is 22.4 Å². The number of benzene rings is 2. The van der Waals surface area contributed by atoms with Crippen LogP contribution in [0.4, 0.5) is 4.39 Å². The molecule has 2 aromatic carbocycles. The highest BCUT2D eigenvalue weighted by molar-refractivity contribution is 7.89. The summed E-state index contributed by atoms with van der Waals surface area (Å²) in [7, 11) is -3.96. The molecule has 31 heavy (non-hydrogen) atoms. The van der Waals surface area contributed by atoms with E-state index in [0.717, 1.165) is 0 Å². The molecule has 1 aliphatic rings. The number of sulfonamides is 1. The number of ketones is 1. The average Bonchev–Trinajstić information content (AvgIpc) is 3.01. The van der Waals surface area contributed by atoms with Gasteiger partial charge in [0.25, 0.3) is 5.91 Å². The highest BCUT2D eigenvalue weighted by Crippen LogP contribution is 2.27. The van der Waals surface area contributed by atoms with Crippen LogP contribution in [-0.4, -0.2) is 35.5 Å². The van der Waals surface area contributed by atoms with Crippen LogP contribution in [-0.2, 0) is 15.8 Å². The van der Waals surface area contributed by atoms with Gasteiger partial charge < -0.3 is 4.57 Å². The number of hydrogen-bond acceptors (Lipinski definition) is 4. The number of nitrogens with zero attached hydrogens (tertiary/aromatic N) is 2. The number of fused-ring (bicyclic) bond motifs is 1. The van der Waals surface area contributed by atoms with Gasteiger partial charge in [0.15, 0.2) is 5.78 Å². The summed E-state index contributed by atoms with van der Waals surface area (Å²) in [6.07, 6.45) is 0. The summed E-state index contributed by atoms with van der Waals surface area (Å²) < 4.78 is 41.8. The van der Waals surface area contributed by atoms with Gasteiger partial charge in [0.05, 0.1) is 5.75 Å². The molecule has 1 aliphatic heterocycles. The van der Waals surface area contributed by atoms with Crippen LogP contribution >= 0.6 is 0 Å². The number of Topliss-reactive ketones (excluding diaryl/α,β-unsaturated/α-hetero) is 1. The van der Waals surface area contributed by atoms with Crippen LogP contribution < -0.4 is 0 Å². The fraction of sp³-hybridized carbons (Fsp3) is 0.217. The maximum atomic E-state index is 14.1. The summed E-state index contributed by atoms with van der Waals surface area (Å²) in [5.41, 5.74) is 3.32. The van der Waals surface area contributed by atoms with Crippen molar-refractivity contribution in [3.63, 3.8) is 0 Å². The Labute approximate surface area is 180 Å². The molecule has 0 saturated carbocycles. The zero-order valence-electron chi connectivity index (χ0n) is 17.3. The summed E-state index contributed by atoms with van der Waals surface area (Å²) in [5, 5.41) is 0. The van der Waals surface area contributed by atoms with Gasteiger partial charge in [0.2, 0.25) is 10.0 Å². The van der Waals surface area contributed by atoms with Crippen LogP contribution in [0.15, 0.2) is 48.5 Å². The van der Waals surface area contributed by atoms with Crippen molar-refractivity contribution in [1.82, 2.24) is 8.87 Å². The van der Waals surface area contributed by atoms with Crippen molar-refractivity contribution in [3.05, 3.63) is 88.0 Å². The summed E-state index contributed by atoms with van der Waals surface area (Å²) in [5.74, 6) is -1.89. The molecule has 4 rings (SSSR count). The molecule has 1 aromatic heterocycles. The minimum absolute atomic E-state index is 0.283. The third kappa shape index (κ3) is 3.57. The minimum atomic E-state index is -3.96. The van der Waals surface area contributed by atoms with Crippen molar-refractivity contribution in [3.8, 4) is 5.69 Å². The topological polar surface area (TPSA) is 76.5 Å². The normalized spacial score (nSPS) is 15.1. The molecule has 0 bridgehead atoms. The maximum absolute atomic E-state index is 14.1. The Balaban J connectivity index is 1.68. The van der Waals surface area contributed by atoms with Gasteiger partial charge >= 0.3 is 0 Å². The number of carbonyl (C=O) groups excluding carboxylic acids is 2. The van der Waals surface area contributed by atoms with Gasteiger partial charge in [0.1, 0.15) is 12.4 Å². The van der Waals surface area contributed by atoms with Crippen molar-refractivity contribution in [1.29, 1.82) is 0 Å². The summed E-state index contributed by atoms with van der Waals surface area (Å²) >= 11 is 0. The first-order valence-electron chi connectivity index (χ1n) is 9.71. The van der Waals surface area contributed by atoms with Gasteiger partial charge in [0, 0.05) is 28.2 Å². The van der Waals surface area contributed by atoms with E-state index >= 15 is 0 Å². The number of halogens is 1. The van der Waals surface area contributed by atoms with Gasteiger partial charge in [-0.2, -0.15) is 0 Å². The molecule has 0 aliphatic carbocycles. The zero-order valence-corrected chi connectivity index (χ0v) is 18.2. The fourth-order valence-electron chi connectivity index (χ4n) is 3.94. The predicted octanol–water partition coefficient (Wildman–Crippen LogP) is 3.71. The summed E-state index contributed by atoms with van der Waals surface area (Å²) in [6.45, 7) is 4.57. The first kappa shape index (κ1) is 21.0. The highest BCUT2D eigenvalue weighted by atomic mass is 32.2. The van der Waals surface area contributed by atoms with Gasteiger partial charge in [-0.25, -0.2) is 17.1 Å². The number of carbonyl (C=O) groups is 2. The Morgan fingerprint density at radius 3 is 2.48 bits per heavy atom. The molecule has 2 heterocycles. The highest BCUT2D eigenvalue weighted by Gasteiger charge is 2.37. The molecule has 1 amide bonds. The lowest BCUT2D eigenvalue weighted by atomic mass is 10.1. The van der Waals surface area contributed by atoms with Gasteiger partial charge in [-0.1, -0.05) is 24.3 Å². The average molecular weight is 440 g/mol. The fourth-order valence-corrected chi connectivity index (χ4v) is 5.40. The van der Waals surface area contributed by atoms with E-state index in [-0.39, 0.29) is 17.1 Å². The minimum Gasteiger partial charge on any atom is -0.318 e. The Hall–Kier alpha value is -3.26. The zero-order chi connectivity index (χ0) is 22.5. The van der Waals surface area contributed by atoms with Crippen LogP contribution in [0.2, 0.25) is 0 Å². The number of amides is 1. The molecule has 3 aromatic rings. The quantitative estimate of drug-likeness (QED) is 0.580. The van der Waals surface area contributed by atoms with Crippen molar-refractivity contribution >= 4 is 21.7 Å². The first-order valence-corrected chi connectivity index (χ1v) is 11.3. The Bertz CT molecular complexity index is 1340. The molecule has 8 heteroatoms. The lowest BCUT2D eigenvalue weighted by Crippen LogP contribution is -2.44. The Morgan fingerprint density at radius 1 is 1.06 bits per heavy atom. The van der Waals surface area contributed by atoms with E-state index in [0.29, 0.717) is 38.1 Å². The van der Waals surface area contributed by atoms with Crippen LogP contribution in [0.5, 0.6) is 0 Å². The van der Waals surface area contributed by atoms with Gasteiger partial charge in [-0.05, 0) is 56.2 Å². The second-order valence-electron chi connectivity index (χ2n) is 7.70. The van der Waals surface area contributed by atoms with E-state index in [1.165, 1.54) is 6.07 Å². The Morgan fingerprint density at radius 2 is 1.77 bits per heavy atom. The third-order valence-corrected chi connectivity index (χ3v) is 7.22. The van der Waals surface area contributed by atoms with Crippen LogP contribution in [0, 0.1) is 26.6 Å². The maximum Gasteiger partial charge on any atom is 0.268 e. The third-order valence-electron chi connectivity index (χ3n) is 5.58. The van der Waals surface area contributed by atoms with Crippen molar-refractivity contribution in [2.75, 3.05) is 6.54 Å². The van der Waals surface area contributed by atoms with Gasteiger partial charge in [-0.15, -0.1) is 0 Å². The first-order chi connectivity index (χ1) is 14.6. The smallest absolute Gasteiger partial charge is 0.268 e. The molecule has 0 N–H and O–H groups in total. The molecular formula is C23H21FN2O4S. The summed E-state index contributed by atoms with van der Waals surface area (Å²) in [4.78, 5) is 25.8. The van der Waals surface area contributed by atoms with E-state index < -0.39 is 28.3 Å². The van der Waals surface area contributed by atoms with E-state index in [1.807, 2.05) is 0 Å². The SMILES string of the molecule is Cc1ccc(-n2c(C)cc(C(=O)CN3C(=O)c4ccccc4CS3(=O)=O)c2C)cc1F. The van der Waals surface area contributed by atoms with E-state index in [2.05, 4.69) is 0 Å². The second kappa shape index (κ2) is 7.46. The van der Waals surface area contributed by atoms with Crippen molar-refractivity contribution in [2.45, 2.75) is 26.5 Å². The molecule has 0 spiro atoms. The predicted molar refractivity (Wildman–Crippen MR) is 114 cm³/mol. The molecule has 160 valence electrons. The number of hydrogen-bond donors (Lipinski definition) is 0. The molecule has 0 unspecified atom stereocenters. The molecule has 0 fully saturated rings. The number of rotatable bonds is 4. The van der Waals surface area contributed by atoms with Crippen LogP contribution in [0.1, 0.15) is 43.2 Å².